The summed E-state index contributed by atoms with van der Waals surface area (Å²) in [6.45, 7) is 0.532. The molecule has 0 bridgehead atoms. The van der Waals surface area contributed by atoms with Gasteiger partial charge in [0, 0.05) is 18.5 Å². The second-order valence-electron chi connectivity index (χ2n) is 5.53. The van der Waals surface area contributed by atoms with Crippen LogP contribution in [0.15, 0.2) is 24.3 Å². The predicted molar refractivity (Wildman–Crippen MR) is 73.2 cm³/mol. The van der Waals surface area contributed by atoms with Crippen LogP contribution in [0.2, 0.25) is 0 Å². The fourth-order valence-corrected chi connectivity index (χ4v) is 2.66. The fraction of sp³-hybridized carbons (Fsp3) is 0.533. The van der Waals surface area contributed by atoms with Crippen LogP contribution in [0.3, 0.4) is 0 Å². The average molecular weight is 300 g/mol. The highest BCUT2D eigenvalue weighted by Crippen LogP contribution is 2.29. The number of rotatable bonds is 4. The number of halogens is 3. The number of primary amides is 1. The Bertz CT molecular complexity index is 477. The lowest BCUT2D eigenvalue weighted by molar-refractivity contribution is -0.137. The molecule has 21 heavy (non-hydrogen) atoms. The Morgan fingerprint density at radius 1 is 1.14 bits per heavy atom. The summed E-state index contributed by atoms with van der Waals surface area (Å²) in [6.07, 6.45) is -0.998. The van der Waals surface area contributed by atoms with Crippen LogP contribution >= 0.6 is 0 Å². The molecule has 1 aliphatic carbocycles. The first-order valence-corrected chi connectivity index (χ1v) is 7.05. The van der Waals surface area contributed by atoms with Gasteiger partial charge in [0.2, 0.25) is 5.91 Å². The van der Waals surface area contributed by atoms with Crippen LogP contribution in [-0.2, 0) is 17.5 Å². The topological polar surface area (TPSA) is 55.1 Å². The van der Waals surface area contributed by atoms with Crippen molar-refractivity contribution in [2.24, 2.45) is 11.7 Å². The standard InChI is InChI=1S/C15H19F3N2O/c16-15(17,18)12-5-1-10(2-6-12)9-20-13-7-3-11(4-8-13)14(19)21/h1-2,5-6,11,13,20H,3-4,7-9H2,(H2,19,21). The van der Waals surface area contributed by atoms with Crippen molar-refractivity contribution in [1.29, 1.82) is 0 Å². The zero-order valence-electron chi connectivity index (χ0n) is 11.6. The molecule has 0 aromatic heterocycles. The molecule has 1 aromatic rings. The lowest BCUT2D eigenvalue weighted by atomic mass is 9.85. The molecule has 0 radical (unpaired) electrons. The Kier molecular flexibility index (Phi) is 4.88. The SMILES string of the molecule is NC(=O)C1CCC(NCc2ccc(C(F)(F)F)cc2)CC1. The van der Waals surface area contributed by atoms with E-state index in [0.717, 1.165) is 43.4 Å². The first-order valence-electron chi connectivity index (χ1n) is 7.05. The van der Waals surface area contributed by atoms with E-state index in [9.17, 15) is 18.0 Å². The third kappa shape index (κ3) is 4.46. The van der Waals surface area contributed by atoms with Crippen LogP contribution in [0.25, 0.3) is 0 Å². The Hall–Kier alpha value is -1.56. The molecule has 6 heteroatoms. The Balaban J connectivity index is 1.80. The van der Waals surface area contributed by atoms with Crippen LogP contribution in [0.5, 0.6) is 0 Å². The van der Waals surface area contributed by atoms with Crippen molar-refractivity contribution in [1.82, 2.24) is 5.32 Å². The van der Waals surface area contributed by atoms with Gasteiger partial charge in [0.05, 0.1) is 5.56 Å². The summed E-state index contributed by atoms with van der Waals surface area (Å²) in [7, 11) is 0. The van der Waals surface area contributed by atoms with E-state index in [-0.39, 0.29) is 11.8 Å². The second kappa shape index (κ2) is 6.47. The van der Waals surface area contributed by atoms with E-state index in [1.807, 2.05) is 0 Å². The third-order valence-corrected chi connectivity index (χ3v) is 4.01. The smallest absolute Gasteiger partial charge is 0.369 e. The zero-order valence-corrected chi connectivity index (χ0v) is 11.6. The van der Waals surface area contributed by atoms with Crippen molar-refractivity contribution in [3.8, 4) is 0 Å². The minimum absolute atomic E-state index is 0.0332. The summed E-state index contributed by atoms with van der Waals surface area (Å²) in [6, 6.07) is 5.47. The molecule has 2 rings (SSSR count). The molecule has 1 aliphatic rings. The normalized spacial score (nSPS) is 23.0. The van der Waals surface area contributed by atoms with Crippen molar-refractivity contribution in [2.75, 3.05) is 0 Å². The summed E-state index contributed by atoms with van der Waals surface area (Å²) in [4.78, 5) is 11.1. The molecule has 1 fully saturated rings. The number of amides is 1. The minimum atomic E-state index is -4.29. The highest BCUT2D eigenvalue weighted by atomic mass is 19.4. The Morgan fingerprint density at radius 3 is 2.19 bits per heavy atom. The van der Waals surface area contributed by atoms with E-state index in [2.05, 4.69) is 5.32 Å². The van der Waals surface area contributed by atoms with Gasteiger partial charge in [-0.25, -0.2) is 0 Å². The zero-order chi connectivity index (χ0) is 15.5. The van der Waals surface area contributed by atoms with Gasteiger partial charge in [-0.3, -0.25) is 4.79 Å². The number of hydrogen-bond acceptors (Lipinski definition) is 2. The molecule has 0 unspecified atom stereocenters. The number of alkyl halides is 3. The molecular weight excluding hydrogens is 281 g/mol. The number of benzene rings is 1. The minimum Gasteiger partial charge on any atom is -0.369 e. The van der Waals surface area contributed by atoms with E-state index in [1.54, 1.807) is 0 Å². The monoisotopic (exact) mass is 300 g/mol. The van der Waals surface area contributed by atoms with Crippen LogP contribution in [-0.4, -0.2) is 11.9 Å². The largest absolute Gasteiger partial charge is 0.416 e. The van der Waals surface area contributed by atoms with E-state index in [4.69, 9.17) is 5.73 Å². The van der Waals surface area contributed by atoms with Crippen LogP contribution in [0.4, 0.5) is 13.2 Å². The quantitative estimate of drug-likeness (QED) is 0.898. The molecule has 0 heterocycles. The number of hydrogen-bond donors (Lipinski definition) is 2. The molecule has 116 valence electrons. The molecular formula is C15H19F3N2O. The van der Waals surface area contributed by atoms with Crippen molar-refractivity contribution < 1.29 is 18.0 Å². The van der Waals surface area contributed by atoms with Gasteiger partial charge in [-0.05, 0) is 43.4 Å². The summed E-state index contributed by atoms with van der Waals surface area (Å²) < 4.78 is 37.3. The van der Waals surface area contributed by atoms with Gasteiger partial charge in [0.15, 0.2) is 0 Å². The molecule has 1 saturated carbocycles. The highest BCUT2D eigenvalue weighted by molar-refractivity contribution is 5.76. The Labute approximate surface area is 121 Å². The van der Waals surface area contributed by atoms with Gasteiger partial charge in [-0.1, -0.05) is 12.1 Å². The molecule has 1 aromatic carbocycles. The molecule has 1 amide bonds. The summed E-state index contributed by atoms with van der Waals surface area (Å²) in [5.74, 6) is -0.273. The van der Waals surface area contributed by atoms with Crippen molar-refractivity contribution >= 4 is 5.91 Å². The van der Waals surface area contributed by atoms with Crippen LogP contribution in [0.1, 0.15) is 36.8 Å². The summed E-state index contributed by atoms with van der Waals surface area (Å²) >= 11 is 0. The van der Waals surface area contributed by atoms with Crippen molar-refractivity contribution in [3.05, 3.63) is 35.4 Å². The van der Waals surface area contributed by atoms with Crippen molar-refractivity contribution in [3.63, 3.8) is 0 Å². The van der Waals surface area contributed by atoms with Crippen LogP contribution in [0, 0.1) is 5.92 Å². The highest BCUT2D eigenvalue weighted by Gasteiger charge is 2.30. The molecule has 0 atom stereocenters. The Morgan fingerprint density at radius 2 is 1.71 bits per heavy atom. The summed E-state index contributed by atoms with van der Waals surface area (Å²) in [5.41, 5.74) is 5.46. The van der Waals surface area contributed by atoms with Gasteiger partial charge < -0.3 is 11.1 Å². The number of nitrogens with one attached hydrogen (secondary N) is 1. The molecule has 3 N–H and O–H groups in total. The molecule has 0 saturated heterocycles. The maximum atomic E-state index is 12.4. The fourth-order valence-electron chi connectivity index (χ4n) is 2.66. The maximum Gasteiger partial charge on any atom is 0.416 e. The van der Waals surface area contributed by atoms with E-state index in [1.165, 1.54) is 12.1 Å². The lowest BCUT2D eigenvalue weighted by Crippen LogP contribution is -2.36. The van der Waals surface area contributed by atoms with Gasteiger partial charge in [0.25, 0.3) is 0 Å². The van der Waals surface area contributed by atoms with E-state index < -0.39 is 11.7 Å². The maximum absolute atomic E-state index is 12.4. The van der Waals surface area contributed by atoms with Gasteiger partial charge in [-0.2, -0.15) is 13.2 Å². The lowest BCUT2D eigenvalue weighted by Gasteiger charge is -2.27. The molecule has 0 spiro atoms. The van der Waals surface area contributed by atoms with Gasteiger partial charge in [-0.15, -0.1) is 0 Å². The summed E-state index contributed by atoms with van der Waals surface area (Å²) in [5, 5.41) is 3.32. The average Bonchev–Trinajstić information content (AvgIpc) is 2.45. The third-order valence-electron chi connectivity index (χ3n) is 4.01. The number of carbonyl (C=O) groups is 1. The predicted octanol–water partition coefficient (Wildman–Crippen LogP) is 2.84. The van der Waals surface area contributed by atoms with Gasteiger partial charge >= 0.3 is 6.18 Å². The number of carbonyl (C=O) groups excluding carboxylic acids is 1. The molecule has 0 aliphatic heterocycles. The molecule has 3 nitrogen and oxygen atoms in total. The second-order valence-corrected chi connectivity index (χ2v) is 5.53. The van der Waals surface area contributed by atoms with E-state index in [0.29, 0.717) is 12.6 Å². The first-order chi connectivity index (χ1) is 9.86. The first kappa shape index (κ1) is 15.8. The van der Waals surface area contributed by atoms with E-state index >= 15 is 0 Å². The van der Waals surface area contributed by atoms with Crippen molar-refractivity contribution in [2.45, 2.75) is 44.4 Å². The number of nitrogens with two attached hydrogens (primary N) is 1. The van der Waals surface area contributed by atoms with Gasteiger partial charge in [0.1, 0.15) is 0 Å². The van der Waals surface area contributed by atoms with Crippen LogP contribution < -0.4 is 11.1 Å².